The number of nitrogens with zero attached hydrogens (tertiary/aromatic N) is 1. The number of anilines is 2. The Kier molecular flexibility index (Phi) is 4.24. The largest absolute Gasteiger partial charge is 0.399 e. The van der Waals surface area contributed by atoms with Crippen LogP contribution in [0.25, 0.3) is 0 Å². The van der Waals surface area contributed by atoms with Gasteiger partial charge >= 0.3 is 6.03 Å². The van der Waals surface area contributed by atoms with Crippen LogP contribution in [-0.4, -0.2) is 11.0 Å². The van der Waals surface area contributed by atoms with Gasteiger partial charge < -0.3 is 16.4 Å². The van der Waals surface area contributed by atoms with Crippen molar-refractivity contribution < 1.29 is 4.79 Å². The quantitative estimate of drug-likeness (QED) is 0.759. The number of urea groups is 1. The van der Waals surface area contributed by atoms with Gasteiger partial charge in [0.2, 0.25) is 0 Å². The zero-order valence-electron chi connectivity index (χ0n) is 11.7. The zero-order chi connectivity index (χ0) is 14.7. The van der Waals surface area contributed by atoms with Crippen molar-refractivity contribution in [1.29, 1.82) is 0 Å². The summed E-state index contributed by atoms with van der Waals surface area (Å²) in [4.78, 5) is 17.4. The maximum absolute atomic E-state index is 11.9. The van der Waals surface area contributed by atoms with Crippen molar-refractivity contribution in [3.63, 3.8) is 0 Å². The summed E-state index contributed by atoms with van der Waals surface area (Å²) >= 11 is 1.60. The first-order valence-electron chi connectivity index (χ1n) is 6.32. The van der Waals surface area contributed by atoms with E-state index in [0.717, 1.165) is 15.6 Å². The highest BCUT2D eigenvalue weighted by atomic mass is 32.1. The van der Waals surface area contributed by atoms with E-state index >= 15 is 0 Å². The number of nitrogens with one attached hydrogen (secondary N) is 2. The first kappa shape index (κ1) is 14.3. The minimum absolute atomic E-state index is 0.0741. The topological polar surface area (TPSA) is 80.0 Å². The van der Waals surface area contributed by atoms with E-state index in [-0.39, 0.29) is 12.1 Å². The van der Waals surface area contributed by atoms with Gasteiger partial charge in [0.05, 0.1) is 16.7 Å². The minimum Gasteiger partial charge on any atom is -0.399 e. The fraction of sp³-hybridized carbons (Fsp3) is 0.286. The van der Waals surface area contributed by atoms with Gasteiger partial charge in [-0.2, -0.15) is 0 Å². The molecular formula is C14H18N4OS. The van der Waals surface area contributed by atoms with E-state index in [1.165, 1.54) is 0 Å². The molecular weight excluding hydrogens is 272 g/mol. The summed E-state index contributed by atoms with van der Waals surface area (Å²) < 4.78 is 0. The fourth-order valence-corrected chi connectivity index (χ4v) is 2.87. The predicted octanol–water partition coefficient (Wildman–Crippen LogP) is 3.22. The van der Waals surface area contributed by atoms with Crippen LogP contribution in [0, 0.1) is 13.8 Å². The van der Waals surface area contributed by atoms with Crippen LogP contribution >= 0.6 is 11.3 Å². The van der Waals surface area contributed by atoms with E-state index in [9.17, 15) is 4.79 Å². The van der Waals surface area contributed by atoms with Crippen molar-refractivity contribution in [2.75, 3.05) is 11.1 Å². The normalized spacial score (nSPS) is 11.9. The van der Waals surface area contributed by atoms with E-state index in [1.807, 2.05) is 20.8 Å². The first-order chi connectivity index (χ1) is 9.45. The van der Waals surface area contributed by atoms with Gasteiger partial charge in [0, 0.05) is 16.3 Å². The van der Waals surface area contributed by atoms with Crippen molar-refractivity contribution in [2.45, 2.75) is 26.8 Å². The van der Waals surface area contributed by atoms with Crippen molar-refractivity contribution in [1.82, 2.24) is 10.3 Å². The Labute approximate surface area is 122 Å². The number of nitrogen functional groups attached to an aromatic ring is 1. The second-order valence-corrected chi connectivity index (χ2v) is 5.86. The predicted molar refractivity (Wildman–Crippen MR) is 83.0 cm³/mol. The molecule has 2 amide bonds. The second-order valence-electron chi connectivity index (χ2n) is 4.62. The lowest BCUT2D eigenvalue weighted by atomic mass is 10.2. The molecule has 0 spiro atoms. The highest BCUT2D eigenvalue weighted by Gasteiger charge is 2.15. The van der Waals surface area contributed by atoms with E-state index in [2.05, 4.69) is 15.6 Å². The lowest BCUT2D eigenvalue weighted by Gasteiger charge is -2.14. The molecule has 1 aromatic carbocycles. The highest BCUT2D eigenvalue weighted by molar-refractivity contribution is 7.11. The molecule has 2 rings (SSSR count). The molecule has 1 heterocycles. The lowest BCUT2D eigenvalue weighted by Crippen LogP contribution is -2.31. The number of carbonyl (C=O) groups excluding carboxylic acids is 1. The smallest absolute Gasteiger partial charge is 0.319 e. The van der Waals surface area contributed by atoms with Gasteiger partial charge in [-0.3, -0.25) is 0 Å². The number of carbonyl (C=O) groups is 1. The summed E-state index contributed by atoms with van der Waals surface area (Å²) in [6.45, 7) is 5.86. The number of hydrogen-bond donors (Lipinski definition) is 3. The van der Waals surface area contributed by atoms with Gasteiger partial charge in [-0.1, -0.05) is 0 Å². The number of nitrogens with two attached hydrogens (primary N) is 1. The number of hydrogen-bond acceptors (Lipinski definition) is 4. The van der Waals surface area contributed by atoms with Crippen LogP contribution in [-0.2, 0) is 0 Å². The van der Waals surface area contributed by atoms with Crippen molar-refractivity contribution >= 4 is 28.7 Å². The van der Waals surface area contributed by atoms with Gasteiger partial charge in [-0.25, -0.2) is 9.78 Å². The molecule has 6 heteroatoms. The van der Waals surface area contributed by atoms with E-state index in [4.69, 9.17) is 5.73 Å². The van der Waals surface area contributed by atoms with Crippen LogP contribution in [0.3, 0.4) is 0 Å². The summed E-state index contributed by atoms with van der Waals surface area (Å²) in [6.07, 6.45) is 0. The highest BCUT2D eigenvalue weighted by Crippen LogP contribution is 2.24. The molecule has 0 saturated heterocycles. The molecule has 5 nitrogen and oxygen atoms in total. The van der Waals surface area contributed by atoms with E-state index < -0.39 is 0 Å². The number of amides is 2. The van der Waals surface area contributed by atoms with Gasteiger partial charge in [-0.05, 0) is 45.0 Å². The summed E-state index contributed by atoms with van der Waals surface area (Å²) in [7, 11) is 0. The first-order valence-corrected chi connectivity index (χ1v) is 7.14. The molecule has 2 aromatic rings. The summed E-state index contributed by atoms with van der Waals surface area (Å²) in [6, 6.07) is 6.71. The van der Waals surface area contributed by atoms with Crippen LogP contribution in [0.15, 0.2) is 24.3 Å². The van der Waals surface area contributed by atoms with Crippen molar-refractivity contribution in [3.05, 3.63) is 39.8 Å². The van der Waals surface area contributed by atoms with E-state index in [1.54, 1.807) is 35.6 Å². The molecule has 0 aliphatic rings. The number of rotatable bonds is 3. The molecule has 106 valence electrons. The fourth-order valence-electron chi connectivity index (χ4n) is 1.94. The third kappa shape index (κ3) is 3.48. The average molecular weight is 290 g/mol. The van der Waals surface area contributed by atoms with Gasteiger partial charge in [0.15, 0.2) is 0 Å². The summed E-state index contributed by atoms with van der Waals surface area (Å²) in [5.41, 5.74) is 7.94. The molecule has 0 aliphatic carbocycles. The SMILES string of the molecule is Cc1nc(C)c(C(C)NC(=O)Nc2ccc(N)cc2)s1. The lowest BCUT2D eigenvalue weighted by molar-refractivity contribution is 0.249. The summed E-state index contributed by atoms with van der Waals surface area (Å²) in [5.74, 6) is 0. The van der Waals surface area contributed by atoms with Gasteiger partial charge in [-0.15, -0.1) is 11.3 Å². The zero-order valence-corrected chi connectivity index (χ0v) is 12.5. The monoisotopic (exact) mass is 290 g/mol. The molecule has 1 aromatic heterocycles. The maximum atomic E-state index is 11.9. The van der Waals surface area contributed by atoms with E-state index in [0.29, 0.717) is 11.4 Å². The maximum Gasteiger partial charge on any atom is 0.319 e. The Hall–Kier alpha value is -2.08. The van der Waals surface area contributed by atoms with Crippen LogP contribution < -0.4 is 16.4 Å². The third-order valence-electron chi connectivity index (χ3n) is 2.85. The number of benzene rings is 1. The Morgan fingerprint density at radius 1 is 1.30 bits per heavy atom. The van der Waals surface area contributed by atoms with Crippen molar-refractivity contribution in [3.8, 4) is 0 Å². The van der Waals surface area contributed by atoms with Crippen LogP contribution in [0.4, 0.5) is 16.2 Å². The molecule has 1 unspecified atom stereocenters. The Balaban J connectivity index is 1.97. The van der Waals surface area contributed by atoms with Gasteiger partial charge in [0.1, 0.15) is 0 Å². The minimum atomic E-state index is -0.243. The Morgan fingerprint density at radius 3 is 2.50 bits per heavy atom. The van der Waals surface area contributed by atoms with Crippen molar-refractivity contribution in [2.24, 2.45) is 0 Å². The number of aryl methyl sites for hydroxylation is 2. The molecule has 0 aliphatic heterocycles. The Bertz CT molecular complexity index is 606. The Morgan fingerprint density at radius 2 is 1.95 bits per heavy atom. The summed E-state index contributed by atoms with van der Waals surface area (Å²) in [5, 5.41) is 6.68. The molecule has 0 bridgehead atoms. The van der Waals surface area contributed by atoms with Gasteiger partial charge in [0.25, 0.3) is 0 Å². The van der Waals surface area contributed by atoms with Crippen LogP contribution in [0.5, 0.6) is 0 Å². The number of thiazole rings is 1. The average Bonchev–Trinajstić information content (AvgIpc) is 2.71. The van der Waals surface area contributed by atoms with Crippen LogP contribution in [0.2, 0.25) is 0 Å². The molecule has 0 saturated carbocycles. The van der Waals surface area contributed by atoms with Crippen LogP contribution in [0.1, 0.15) is 28.5 Å². The molecule has 1 atom stereocenters. The molecule has 20 heavy (non-hydrogen) atoms. The molecule has 0 radical (unpaired) electrons. The number of aromatic nitrogens is 1. The second kappa shape index (κ2) is 5.92. The molecule has 4 N–H and O–H groups in total. The third-order valence-corrected chi connectivity index (χ3v) is 4.10. The standard InChI is InChI=1S/C14H18N4OS/c1-8-13(20-10(3)16-8)9(2)17-14(19)18-12-6-4-11(15)5-7-12/h4-7,9H,15H2,1-3H3,(H2,17,18,19). The molecule has 0 fully saturated rings.